The van der Waals surface area contributed by atoms with Gasteiger partial charge in [-0.2, -0.15) is 0 Å². The molecule has 282 valence electrons. The van der Waals surface area contributed by atoms with Gasteiger partial charge >= 0.3 is 0 Å². The highest BCUT2D eigenvalue weighted by Crippen LogP contribution is 2.43. The maximum Gasteiger partial charge on any atom is 0.131 e. The molecule has 0 bridgehead atoms. The van der Waals surface area contributed by atoms with Crippen molar-refractivity contribution in [1.29, 1.82) is 0 Å². The molecule has 2 aliphatic rings. The SMILES string of the molecule is C=Cc1ccc(N2CC3(CCN(CCCOCCCCc4ccc(C(C)(C)c5ccc(OCC(/C=C\N=C\N)=N/SC)cc5)cc4)CC3)C2)cc1C=C. The maximum absolute atomic E-state index is 6.04. The summed E-state index contributed by atoms with van der Waals surface area (Å²) in [4.78, 5) is 9.07. The zero-order valence-electron chi connectivity index (χ0n) is 32.1. The van der Waals surface area contributed by atoms with Crippen molar-refractivity contribution in [2.75, 3.05) is 63.7 Å². The third-order valence-corrected chi connectivity index (χ3v) is 11.3. The predicted octanol–water partition coefficient (Wildman–Crippen LogP) is 9.23. The molecular weight excluding hydrogens is 675 g/mol. The lowest BCUT2D eigenvalue weighted by Crippen LogP contribution is -2.60. The number of aliphatic imine (C=N–C) groups is 1. The van der Waals surface area contributed by atoms with Crippen LogP contribution >= 0.6 is 11.9 Å². The largest absolute Gasteiger partial charge is 0.487 e. The summed E-state index contributed by atoms with van der Waals surface area (Å²) in [5, 5.41) is 0. The molecule has 7 nitrogen and oxygen atoms in total. The summed E-state index contributed by atoms with van der Waals surface area (Å²) in [5.41, 5.74) is 14.0. The first-order valence-corrected chi connectivity index (χ1v) is 20.2. The molecule has 0 aromatic heterocycles. The second kappa shape index (κ2) is 19.8. The van der Waals surface area contributed by atoms with Crippen molar-refractivity contribution < 1.29 is 9.47 Å². The number of aryl methyl sites for hydroxylation is 1. The van der Waals surface area contributed by atoms with Crippen molar-refractivity contribution in [3.05, 3.63) is 120 Å². The van der Waals surface area contributed by atoms with E-state index in [1.54, 1.807) is 12.3 Å². The highest BCUT2D eigenvalue weighted by molar-refractivity contribution is 7.97. The van der Waals surface area contributed by atoms with Crippen LogP contribution in [0.4, 0.5) is 5.69 Å². The van der Waals surface area contributed by atoms with Gasteiger partial charge in [-0.25, -0.2) is 9.39 Å². The number of nitrogens with two attached hydrogens (primary N) is 1. The molecule has 5 rings (SSSR count). The highest BCUT2D eigenvalue weighted by atomic mass is 32.2. The average molecular weight is 734 g/mol. The van der Waals surface area contributed by atoms with Gasteiger partial charge in [-0.05, 0) is 122 Å². The maximum atomic E-state index is 6.04. The molecule has 2 saturated heterocycles. The molecule has 2 aliphatic heterocycles. The number of nitrogens with zero attached hydrogens (tertiary/aromatic N) is 4. The highest BCUT2D eigenvalue weighted by Gasteiger charge is 2.44. The number of hydrogen-bond donors (Lipinski definition) is 1. The normalized spacial score (nSPS) is 16.4. The van der Waals surface area contributed by atoms with Gasteiger partial charge in [0.05, 0.1) is 12.1 Å². The third-order valence-electron chi connectivity index (χ3n) is 10.9. The molecule has 0 amide bonds. The van der Waals surface area contributed by atoms with Crippen molar-refractivity contribution in [3.8, 4) is 5.75 Å². The summed E-state index contributed by atoms with van der Waals surface area (Å²) >= 11 is 1.39. The van der Waals surface area contributed by atoms with Crippen LogP contribution in [0.1, 0.15) is 73.8 Å². The first kappa shape index (κ1) is 40.1. The number of ether oxygens (including phenoxy) is 2. The number of anilines is 1. The summed E-state index contributed by atoms with van der Waals surface area (Å²) < 4.78 is 16.4. The Morgan fingerprint density at radius 2 is 1.58 bits per heavy atom. The van der Waals surface area contributed by atoms with E-state index >= 15 is 0 Å². The minimum atomic E-state index is -0.123. The molecule has 8 heteroatoms. The molecule has 0 aliphatic carbocycles. The summed E-state index contributed by atoms with van der Waals surface area (Å²) in [6.45, 7) is 20.4. The zero-order valence-corrected chi connectivity index (χ0v) is 33.0. The van der Waals surface area contributed by atoms with E-state index < -0.39 is 0 Å². The second-order valence-corrected chi connectivity index (χ2v) is 15.4. The lowest BCUT2D eigenvalue weighted by Gasteiger charge is -2.55. The number of rotatable bonds is 20. The van der Waals surface area contributed by atoms with E-state index in [0.29, 0.717) is 12.0 Å². The predicted molar refractivity (Wildman–Crippen MR) is 229 cm³/mol. The molecule has 1 spiro atoms. The van der Waals surface area contributed by atoms with Crippen molar-refractivity contribution in [1.82, 2.24) is 4.90 Å². The van der Waals surface area contributed by atoms with Crippen molar-refractivity contribution in [2.24, 2.45) is 20.5 Å². The fourth-order valence-electron chi connectivity index (χ4n) is 7.44. The summed E-state index contributed by atoms with van der Waals surface area (Å²) in [6, 6.07) is 24.1. The Morgan fingerprint density at radius 1 is 0.906 bits per heavy atom. The zero-order chi connectivity index (χ0) is 37.5. The Morgan fingerprint density at radius 3 is 2.25 bits per heavy atom. The van der Waals surface area contributed by atoms with Gasteiger partial charge < -0.3 is 25.0 Å². The van der Waals surface area contributed by atoms with Gasteiger partial charge in [-0.3, -0.25) is 0 Å². The monoisotopic (exact) mass is 733 g/mol. The van der Waals surface area contributed by atoms with Crippen LogP contribution in [0.3, 0.4) is 0 Å². The Kier molecular flexibility index (Phi) is 15.0. The molecule has 0 saturated carbocycles. The Labute approximate surface area is 322 Å². The van der Waals surface area contributed by atoms with E-state index in [-0.39, 0.29) is 5.41 Å². The minimum Gasteiger partial charge on any atom is -0.487 e. The molecule has 2 heterocycles. The minimum absolute atomic E-state index is 0.123. The molecule has 0 unspecified atom stereocenters. The molecule has 3 aromatic rings. The summed E-state index contributed by atoms with van der Waals surface area (Å²) in [5.74, 6) is 0.805. The van der Waals surface area contributed by atoms with E-state index in [0.717, 1.165) is 62.5 Å². The van der Waals surface area contributed by atoms with Gasteiger partial charge in [0, 0.05) is 61.8 Å². The number of unbranched alkanes of at least 4 members (excludes halogenated alkanes) is 1. The number of hydrogen-bond acceptors (Lipinski definition) is 7. The Hall–Kier alpha value is -4.11. The second-order valence-electron chi connectivity index (χ2n) is 14.9. The fraction of sp³-hybridized carbons (Fsp3) is 0.422. The first-order valence-electron chi connectivity index (χ1n) is 19.1. The van der Waals surface area contributed by atoms with E-state index in [9.17, 15) is 0 Å². The molecule has 2 N–H and O–H groups in total. The van der Waals surface area contributed by atoms with Crippen molar-refractivity contribution >= 4 is 41.8 Å². The van der Waals surface area contributed by atoms with Gasteiger partial charge in [-0.15, -0.1) is 0 Å². The van der Waals surface area contributed by atoms with Crippen LogP contribution in [-0.4, -0.2) is 75.8 Å². The van der Waals surface area contributed by atoms with Crippen LogP contribution in [0, 0.1) is 5.41 Å². The van der Waals surface area contributed by atoms with Crippen LogP contribution < -0.4 is 15.4 Å². The summed E-state index contributed by atoms with van der Waals surface area (Å²) in [7, 11) is 0. The van der Waals surface area contributed by atoms with Crippen molar-refractivity contribution in [2.45, 2.75) is 57.8 Å². The molecule has 3 aromatic carbocycles. The molecular formula is C45H59N5O2S. The van der Waals surface area contributed by atoms with Gasteiger partial charge in [0.15, 0.2) is 0 Å². The topological polar surface area (TPSA) is 75.7 Å². The lowest BCUT2D eigenvalue weighted by molar-refractivity contribution is 0.0652. The van der Waals surface area contributed by atoms with Crippen molar-refractivity contribution in [3.63, 3.8) is 0 Å². The molecule has 0 atom stereocenters. The third kappa shape index (κ3) is 11.2. The first-order chi connectivity index (χ1) is 25.8. The fourth-order valence-corrected chi connectivity index (χ4v) is 7.79. The molecule has 0 radical (unpaired) electrons. The van der Waals surface area contributed by atoms with E-state index in [1.807, 2.05) is 30.5 Å². The Bertz CT molecular complexity index is 1700. The van der Waals surface area contributed by atoms with Crippen LogP contribution in [0.5, 0.6) is 5.75 Å². The van der Waals surface area contributed by atoms with Crippen LogP contribution in [0.15, 0.2) is 102 Å². The number of piperidine rings is 1. The van der Waals surface area contributed by atoms with Gasteiger partial charge in [0.2, 0.25) is 0 Å². The Balaban J connectivity index is 0.933. The van der Waals surface area contributed by atoms with Gasteiger partial charge in [0.25, 0.3) is 0 Å². The lowest BCUT2D eigenvalue weighted by atomic mass is 9.71. The standard InChI is InChI=1S/C45H59N5O2S/c1-6-37-14-19-42(31-38(37)7-2)50-33-45(34-50)23-27-49(28-24-45)26-10-30-51-29-9-8-11-36-12-15-39(16-13-36)44(3,4)40-17-20-43(21-18-40)52-32-41(48-53-5)22-25-47-35-46/h6-7,12-22,25,31,35H,1-2,8-11,23-24,26-30,32-34H2,3-5H3,(H2,46,47)/b25-22-,48-41+. The molecule has 2 fully saturated rings. The quantitative estimate of drug-likeness (QED) is 0.0540. The van der Waals surface area contributed by atoms with Crippen LogP contribution in [0.25, 0.3) is 12.2 Å². The van der Waals surface area contributed by atoms with Gasteiger partial charge in [0.1, 0.15) is 12.4 Å². The smallest absolute Gasteiger partial charge is 0.131 e. The molecule has 53 heavy (non-hydrogen) atoms. The van der Waals surface area contributed by atoms with E-state index in [4.69, 9.17) is 15.2 Å². The van der Waals surface area contributed by atoms with Gasteiger partial charge in [-0.1, -0.05) is 81.6 Å². The van der Waals surface area contributed by atoms with E-state index in [2.05, 4.69) is 101 Å². The van der Waals surface area contributed by atoms with E-state index in [1.165, 1.54) is 85.2 Å². The number of likely N-dealkylation sites (tertiary alicyclic amines) is 1. The number of benzene rings is 3. The average Bonchev–Trinajstić information content (AvgIpc) is 3.17. The summed E-state index contributed by atoms with van der Waals surface area (Å²) in [6.07, 6.45) is 17.4. The van der Waals surface area contributed by atoms with Crippen LogP contribution in [0.2, 0.25) is 0 Å². The van der Waals surface area contributed by atoms with Crippen LogP contribution in [-0.2, 0) is 16.6 Å².